The summed E-state index contributed by atoms with van der Waals surface area (Å²) in [7, 11) is 0. The predicted molar refractivity (Wildman–Crippen MR) is 149 cm³/mol. The molecule has 0 saturated carbocycles. The quantitative estimate of drug-likeness (QED) is 0.234. The van der Waals surface area contributed by atoms with E-state index in [1.165, 1.54) is 6.33 Å². The topological polar surface area (TPSA) is 170 Å². The molecule has 216 valence electrons. The maximum atomic E-state index is 12.7. The van der Waals surface area contributed by atoms with E-state index in [9.17, 15) is 19.5 Å². The summed E-state index contributed by atoms with van der Waals surface area (Å²) in [5, 5.41) is 24.7. The molecule has 3 heterocycles. The number of benzene rings is 1. The highest BCUT2D eigenvalue weighted by Gasteiger charge is 2.29. The van der Waals surface area contributed by atoms with Crippen LogP contribution in [-0.2, 0) is 27.4 Å². The van der Waals surface area contributed by atoms with Crippen molar-refractivity contribution >= 4 is 29.6 Å². The van der Waals surface area contributed by atoms with Gasteiger partial charge in [0.15, 0.2) is 0 Å². The predicted octanol–water partition coefficient (Wildman–Crippen LogP) is 1.03. The maximum Gasteiger partial charge on any atom is 0.408 e. The normalized spacial score (nSPS) is 17.1. The van der Waals surface area contributed by atoms with E-state index in [4.69, 9.17) is 4.74 Å². The van der Waals surface area contributed by atoms with E-state index in [1.54, 1.807) is 0 Å². The van der Waals surface area contributed by atoms with Gasteiger partial charge in [-0.15, -0.1) is 0 Å². The van der Waals surface area contributed by atoms with Crippen LogP contribution in [0.5, 0.6) is 0 Å². The highest BCUT2D eigenvalue weighted by molar-refractivity contribution is 5.81. The van der Waals surface area contributed by atoms with Crippen LogP contribution in [-0.4, -0.2) is 78.1 Å². The molecule has 40 heavy (non-hydrogen) atoms. The average molecular weight is 555 g/mol. The Kier molecular flexibility index (Phi) is 10.5. The summed E-state index contributed by atoms with van der Waals surface area (Å²) < 4.78 is 5.16. The first kappa shape index (κ1) is 29.0. The zero-order chi connectivity index (χ0) is 28.3. The van der Waals surface area contributed by atoms with E-state index in [-0.39, 0.29) is 31.3 Å². The van der Waals surface area contributed by atoms with Crippen LogP contribution in [0.25, 0.3) is 0 Å². The zero-order valence-corrected chi connectivity index (χ0v) is 22.7. The average Bonchev–Trinajstić information content (AvgIpc) is 2.99. The first-order valence-corrected chi connectivity index (χ1v) is 13.7. The number of carboxylic acid groups (broad SMARTS) is 1. The molecular formula is C27H38N8O5. The van der Waals surface area contributed by atoms with Crippen molar-refractivity contribution < 1.29 is 24.2 Å². The number of carbonyl (C=O) groups is 3. The smallest absolute Gasteiger partial charge is 0.408 e. The third-order valence-electron chi connectivity index (χ3n) is 7.06. The molecule has 1 aromatic carbocycles. The number of nitrogens with zero attached hydrogens (tertiary/aromatic N) is 3. The Morgan fingerprint density at radius 3 is 2.52 bits per heavy atom. The van der Waals surface area contributed by atoms with Crippen molar-refractivity contribution in [1.29, 1.82) is 0 Å². The fourth-order valence-corrected chi connectivity index (χ4v) is 4.83. The Balaban J connectivity index is 1.31. The molecule has 2 fully saturated rings. The molecule has 0 radical (unpaired) electrons. The van der Waals surface area contributed by atoms with Crippen LogP contribution in [0.3, 0.4) is 0 Å². The Labute approximate surface area is 233 Å². The number of carboxylic acids is 1. The van der Waals surface area contributed by atoms with E-state index in [1.807, 2.05) is 37.3 Å². The lowest BCUT2D eigenvalue weighted by Crippen LogP contribution is -2.59. The summed E-state index contributed by atoms with van der Waals surface area (Å²) in [5.41, 5.74) is 1.64. The first-order valence-electron chi connectivity index (χ1n) is 13.7. The van der Waals surface area contributed by atoms with Crippen LogP contribution in [0.1, 0.15) is 37.3 Å². The van der Waals surface area contributed by atoms with Gasteiger partial charge in [0.05, 0.1) is 0 Å². The van der Waals surface area contributed by atoms with Crippen LogP contribution in [0.2, 0.25) is 0 Å². The van der Waals surface area contributed by atoms with Gasteiger partial charge in [0.2, 0.25) is 5.91 Å². The number of anilines is 2. The number of rotatable bonds is 11. The summed E-state index contributed by atoms with van der Waals surface area (Å²) in [6.45, 7) is 5.01. The third-order valence-corrected chi connectivity index (χ3v) is 7.06. The number of hydrogen-bond donors (Lipinski definition) is 6. The number of hydrogen-bond acceptors (Lipinski definition) is 10. The maximum absolute atomic E-state index is 12.7. The molecule has 1 atom stereocenters. The molecule has 2 saturated heterocycles. The number of alkyl carbamates (subject to hydrolysis) is 1. The molecule has 0 spiro atoms. The van der Waals surface area contributed by atoms with Crippen molar-refractivity contribution in [3.63, 3.8) is 0 Å². The third kappa shape index (κ3) is 8.02. The number of nitrogens with one attached hydrogen (secondary N) is 5. The minimum absolute atomic E-state index is 0.0361. The van der Waals surface area contributed by atoms with Crippen molar-refractivity contribution in [1.82, 2.24) is 31.2 Å². The largest absolute Gasteiger partial charge is 0.480 e. The molecule has 0 aliphatic carbocycles. The molecule has 4 rings (SSSR count). The van der Waals surface area contributed by atoms with Gasteiger partial charge >= 0.3 is 12.1 Å². The zero-order valence-electron chi connectivity index (χ0n) is 22.7. The summed E-state index contributed by atoms with van der Waals surface area (Å²) in [5.74, 6) is 0.0386. The molecule has 0 bridgehead atoms. The standard InChI is InChI=1S/C27H38N8O5/c1-2-20-22(30-15-21(25(37)38)33-27(39)40-16-18-7-4-3-5-8-18)31-17-32-23(20)35-13-9-19(10-14-35)24(36)34-26-28-11-6-12-29-26/h3-5,7-8,17,19,21,26,28-29H,2,6,9-16H2,1H3,(H,33,39)(H,34,36)(H,37,38)(H,30,31,32)/t21-/m0/s1. The monoisotopic (exact) mass is 554 g/mol. The van der Waals surface area contributed by atoms with Gasteiger partial charge < -0.3 is 30.7 Å². The minimum Gasteiger partial charge on any atom is -0.480 e. The number of aromatic nitrogens is 2. The number of piperidine rings is 1. The molecule has 13 nitrogen and oxygen atoms in total. The molecule has 2 amide bonds. The molecule has 6 N–H and O–H groups in total. The Morgan fingerprint density at radius 1 is 1.12 bits per heavy atom. The van der Waals surface area contributed by atoms with Crippen LogP contribution in [0.15, 0.2) is 36.7 Å². The van der Waals surface area contributed by atoms with Gasteiger partial charge in [0.25, 0.3) is 0 Å². The van der Waals surface area contributed by atoms with Crippen LogP contribution >= 0.6 is 0 Å². The van der Waals surface area contributed by atoms with Crippen molar-refractivity contribution in [3.8, 4) is 0 Å². The van der Waals surface area contributed by atoms with Crippen LogP contribution in [0, 0.1) is 5.92 Å². The Morgan fingerprint density at radius 2 is 1.85 bits per heavy atom. The SMILES string of the molecule is CCc1c(NC[C@H](NC(=O)OCc2ccccc2)C(=O)O)ncnc1N1CCC(C(=O)NC2NCCCN2)CC1. The van der Waals surface area contributed by atoms with Gasteiger partial charge in [-0.2, -0.15) is 0 Å². The van der Waals surface area contributed by atoms with Crippen molar-refractivity contribution in [2.24, 2.45) is 5.92 Å². The molecule has 2 aliphatic heterocycles. The highest BCUT2D eigenvalue weighted by atomic mass is 16.5. The van der Waals surface area contributed by atoms with Crippen molar-refractivity contribution in [2.45, 2.75) is 51.5 Å². The van der Waals surface area contributed by atoms with Gasteiger partial charge in [0.1, 0.15) is 36.9 Å². The van der Waals surface area contributed by atoms with Gasteiger partial charge in [-0.25, -0.2) is 19.6 Å². The van der Waals surface area contributed by atoms with Gasteiger partial charge in [-0.1, -0.05) is 37.3 Å². The lowest BCUT2D eigenvalue weighted by atomic mass is 9.95. The summed E-state index contributed by atoms with van der Waals surface area (Å²) >= 11 is 0. The van der Waals surface area contributed by atoms with E-state index >= 15 is 0 Å². The number of carbonyl (C=O) groups excluding carboxylic acids is 2. The second kappa shape index (κ2) is 14.4. The molecule has 2 aliphatic rings. The van der Waals surface area contributed by atoms with E-state index < -0.39 is 18.1 Å². The Bertz CT molecular complexity index is 1140. The van der Waals surface area contributed by atoms with Gasteiger partial charge in [0, 0.05) is 31.1 Å². The molecular weight excluding hydrogens is 516 g/mol. The van der Waals surface area contributed by atoms with Gasteiger partial charge in [-0.3, -0.25) is 15.4 Å². The fraction of sp³-hybridized carbons (Fsp3) is 0.519. The fourth-order valence-electron chi connectivity index (χ4n) is 4.83. The van der Waals surface area contributed by atoms with Crippen LogP contribution < -0.4 is 31.5 Å². The van der Waals surface area contributed by atoms with E-state index in [2.05, 4.69) is 41.5 Å². The van der Waals surface area contributed by atoms with Crippen molar-refractivity contribution in [2.75, 3.05) is 42.9 Å². The second-order valence-electron chi connectivity index (χ2n) is 9.82. The number of amides is 2. The number of ether oxygens (including phenoxy) is 1. The minimum atomic E-state index is -1.23. The molecule has 13 heteroatoms. The molecule has 2 aromatic rings. The van der Waals surface area contributed by atoms with E-state index in [0.717, 1.165) is 36.5 Å². The number of aliphatic carboxylic acids is 1. The Hall–Kier alpha value is -3.97. The molecule has 0 unspecified atom stereocenters. The van der Waals surface area contributed by atoms with Gasteiger partial charge in [-0.05, 0) is 44.3 Å². The summed E-state index contributed by atoms with van der Waals surface area (Å²) in [4.78, 5) is 47.8. The second-order valence-corrected chi connectivity index (χ2v) is 9.82. The van der Waals surface area contributed by atoms with E-state index in [0.29, 0.717) is 38.2 Å². The van der Waals surface area contributed by atoms with Crippen molar-refractivity contribution in [3.05, 3.63) is 47.8 Å². The first-order chi connectivity index (χ1) is 19.4. The summed E-state index contributed by atoms with van der Waals surface area (Å²) in [6, 6.07) is 7.91. The van der Waals surface area contributed by atoms with Crippen LogP contribution in [0.4, 0.5) is 16.4 Å². The lowest BCUT2D eigenvalue weighted by Gasteiger charge is -2.34. The lowest BCUT2D eigenvalue weighted by molar-refractivity contribution is -0.139. The summed E-state index contributed by atoms with van der Waals surface area (Å²) in [6.07, 6.45) is 3.48. The highest BCUT2D eigenvalue weighted by Crippen LogP contribution is 2.28. The molecule has 1 aromatic heterocycles.